The molecule has 1 aliphatic rings. The first kappa shape index (κ1) is 8.18. The molecular weight excluding hydrogens is 172 g/mol. The van der Waals surface area contributed by atoms with Crippen molar-refractivity contribution in [2.75, 3.05) is 6.54 Å². The van der Waals surface area contributed by atoms with E-state index in [1.54, 1.807) is 11.7 Å². The van der Waals surface area contributed by atoms with Crippen molar-refractivity contribution in [2.24, 2.45) is 7.05 Å². The molecule has 1 fully saturated rings. The van der Waals surface area contributed by atoms with Crippen molar-refractivity contribution in [1.29, 1.82) is 0 Å². The first-order chi connectivity index (χ1) is 6.20. The summed E-state index contributed by atoms with van der Waals surface area (Å²) in [4.78, 5) is 10.2. The van der Waals surface area contributed by atoms with Crippen molar-refractivity contribution in [1.82, 2.24) is 15.1 Å². The van der Waals surface area contributed by atoms with E-state index in [1.807, 2.05) is 0 Å². The Hall–Kier alpha value is -1.43. The van der Waals surface area contributed by atoms with Crippen LogP contribution in [-0.4, -0.2) is 21.2 Å². The van der Waals surface area contributed by atoms with Crippen LogP contribution in [0, 0.1) is 10.1 Å². The summed E-state index contributed by atoms with van der Waals surface area (Å²) in [7, 11) is 1.72. The lowest BCUT2D eigenvalue weighted by Gasteiger charge is -2.26. The number of rotatable bonds is 2. The monoisotopic (exact) mass is 182 g/mol. The SMILES string of the molecule is Cn1ncc([N+](=O)[O-])c1C1CCN1. The van der Waals surface area contributed by atoms with Gasteiger partial charge < -0.3 is 5.32 Å². The molecule has 1 aliphatic heterocycles. The van der Waals surface area contributed by atoms with Crippen LogP contribution < -0.4 is 5.32 Å². The highest BCUT2D eigenvalue weighted by atomic mass is 16.6. The summed E-state index contributed by atoms with van der Waals surface area (Å²) in [5, 5.41) is 17.6. The molecule has 6 heteroatoms. The van der Waals surface area contributed by atoms with Gasteiger partial charge >= 0.3 is 5.69 Å². The van der Waals surface area contributed by atoms with E-state index >= 15 is 0 Å². The predicted molar refractivity (Wildman–Crippen MR) is 45.2 cm³/mol. The number of hydrogen-bond acceptors (Lipinski definition) is 4. The molecule has 0 amide bonds. The Bertz CT molecular complexity index is 342. The Labute approximate surface area is 74.7 Å². The van der Waals surface area contributed by atoms with Crippen LogP contribution in [0.25, 0.3) is 0 Å². The van der Waals surface area contributed by atoms with E-state index in [1.165, 1.54) is 6.20 Å². The molecule has 1 unspecified atom stereocenters. The lowest BCUT2D eigenvalue weighted by Crippen LogP contribution is -2.36. The van der Waals surface area contributed by atoms with Gasteiger partial charge in [-0.1, -0.05) is 0 Å². The van der Waals surface area contributed by atoms with E-state index in [2.05, 4.69) is 10.4 Å². The molecule has 2 heterocycles. The molecule has 0 aliphatic carbocycles. The molecule has 13 heavy (non-hydrogen) atoms. The Balaban J connectivity index is 2.39. The highest BCUT2D eigenvalue weighted by Crippen LogP contribution is 2.29. The summed E-state index contributed by atoms with van der Waals surface area (Å²) < 4.78 is 1.56. The summed E-state index contributed by atoms with van der Waals surface area (Å²) in [5.74, 6) is 0. The van der Waals surface area contributed by atoms with E-state index in [9.17, 15) is 10.1 Å². The number of hydrogen-bond donors (Lipinski definition) is 1. The largest absolute Gasteiger partial charge is 0.311 e. The van der Waals surface area contributed by atoms with Gasteiger partial charge in [0.25, 0.3) is 0 Å². The lowest BCUT2D eigenvalue weighted by molar-refractivity contribution is -0.386. The third-order valence-corrected chi connectivity index (χ3v) is 2.31. The zero-order valence-electron chi connectivity index (χ0n) is 7.23. The molecular formula is C7H10N4O2. The van der Waals surface area contributed by atoms with Gasteiger partial charge in [0.2, 0.25) is 0 Å². The van der Waals surface area contributed by atoms with E-state index in [4.69, 9.17) is 0 Å². The van der Waals surface area contributed by atoms with Crippen LogP contribution in [0.15, 0.2) is 6.20 Å². The number of aryl methyl sites for hydroxylation is 1. The Kier molecular flexibility index (Phi) is 1.77. The molecule has 6 nitrogen and oxygen atoms in total. The van der Waals surface area contributed by atoms with Crippen LogP contribution in [0.5, 0.6) is 0 Å². The third-order valence-electron chi connectivity index (χ3n) is 2.31. The van der Waals surface area contributed by atoms with Gasteiger partial charge in [0.15, 0.2) is 0 Å². The smallest absolute Gasteiger partial charge is 0.308 e. The first-order valence-electron chi connectivity index (χ1n) is 4.10. The normalized spacial score (nSPS) is 21.2. The molecule has 1 aromatic rings. The standard InChI is InChI=1S/C7H10N4O2/c1-10-7(5-2-3-8-5)6(4-9-10)11(12)13/h4-5,8H,2-3H2,1H3. The number of aromatic nitrogens is 2. The maximum Gasteiger partial charge on any atom is 0.311 e. The summed E-state index contributed by atoms with van der Waals surface area (Å²) in [6, 6.07) is 0.105. The second-order valence-electron chi connectivity index (χ2n) is 3.09. The Morgan fingerprint density at radius 2 is 2.54 bits per heavy atom. The summed E-state index contributed by atoms with van der Waals surface area (Å²) in [5.41, 5.74) is 0.788. The van der Waals surface area contributed by atoms with Crippen LogP contribution in [0.4, 0.5) is 5.69 Å². The summed E-state index contributed by atoms with van der Waals surface area (Å²) >= 11 is 0. The minimum absolute atomic E-state index is 0.105. The number of nitro groups is 1. The molecule has 0 bridgehead atoms. The van der Waals surface area contributed by atoms with Gasteiger partial charge in [0, 0.05) is 7.05 Å². The molecule has 1 saturated heterocycles. The molecule has 0 radical (unpaired) electrons. The van der Waals surface area contributed by atoms with Gasteiger partial charge in [0.1, 0.15) is 11.9 Å². The van der Waals surface area contributed by atoms with E-state index in [-0.39, 0.29) is 16.7 Å². The van der Waals surface area contributed by atoms with Crippen molar-refractivity contribution in [3.8, 4) is 0 Å². The maximum absolute atomic E-state index is 10.6. The second kappa shape index (κ2) is 2.81. The molecule has 0 spiro atoms. The highest BCUT2D eigenvalue weighted by Gasteiger charge is 2.30. The zero-order valence-corrected chi connectivity index (χ0v) is 7.23. The van der Waals surface area contributed by atoms with Crippen molar-refractivity contribution in [3.05, 3.63) is 22.0 Å². The minimum atomic E-state index is -0.387. The highest BCUT2D eigenvalue weighted by molar-refractivity contribution is 5.36. The van der Waals surface area contributed by atoms with Crippen molar-refractivity contribution < 1.29 is 4.92 Å². The minimum Gasteiger partial charge on any atom is -0.308 e. The second-order valence-corrected chi connectivity index (χ2v) is 3.09. The van der Waals surface area contributed by atoms with Gasteiger partial charge in [-0.2, -0.15) is 5.10 Å². The fourth-order valence-corrected chi connectivity index (χ4v) is 1.50. The van der Waals surface area contributed by atoms with Gasteiger partial charge in [-0.15, -0.1) is 0 Å². The molecule has 1 N–H and O–H groups in total. The molecule has 0 saturated carbocycles. The molecule has 1 aromatic heterocycles. The summed E-state index contributed by atoms with van der Waals surface area (Å²) in [6.45, 7) is 0.924. The molecule has 1 atom stereocenters. The topological polar surface area (TPSA) is 73.0 Å². The molecule has 2 rings (SSSR count). The van der Waals surface area contributed by atoms with E-state index < -0.39 is 0 Å². The average molecular weight is 182 g/mol. The van der Waals surface area contributed by atoms with Gasteiger partial charge in [-0.3, -0.25) is 14.8 Å². The fraction of sp³-hybridized carbons (Fsp3) is 0.571. The van der Waals surface area contributed by atoms with Crippen LogP contribution in [0.2, 0.25) is 0 Å². The third kappa shape index (κ3) is 1.19. The van der Waals surface area contributed by atoms with Crippen molar-refractivity contribution in [3.63, 3.8) is 0 Å². The Morgan fingerprint density at radius 3 is 3.00 bits per heavy atom. The van der Waals surface area contributed by atoms with Crippen molar-refractivity contribution in [2.45, 2.75) is 12.5 Å². The zero-order chi connectivity index (χ0) is 9.42. The van der Waals surface area contributed by atoms with E-state index in [0.717, 1.165) is 13.0 Å². The van der Waals surface area contributed by atoms with E-state index in [0.29, 0.717) is 5.69 Å². The quantitative estimate of drug-likeness (QED) is 0.529. The lowest BCUT2D eigenvalue weighted by atomic mass is 10.0. The van der Waals surface area contributed by atoms with Crippen molar-refractivity contribution >= 4 is 5.69 Å². The Morgan fingerprint density at radius 1 is 1.85 bits per heavy atom. The van der Waals surface area contributed by atoms with Crippen LogP contribution >= 0.6 is 0 Å². The predicted octanol–water partition coefficient (Wildman–Crippen LogP) is 0.363. The molecule has 70 valence electrons. The maximum atomic E-state index is 10.6. The molecule has 0 aromatic carbocycles. The fourth-order valence-electron chi connectivity index (χ4n) is 1.50. The van der Waals surface area contributed by atoms with Crippen LogP contribution in [0.1, 0.15) is 18.2 Å². The van der Waals surface area contributed by atoms with Crippen LogP contribution in [-0.2, 0) is 7.05 Å². The van der Waals surface area contributed by atoms with Gasteiger partial charge in [0.05, 0.1) is 11.0 Å². The summed E-state index contributed by atoms with van der Waals surface area (Å²) in [6.07, 6.45) is 2.25. The first-order valence-corrected chi connectivity index (χ1v) is 4.10. The van der Waals surface area contributed by atoms with Crippen LogP contribution in [0.3, 0.4) is 0 Å². The number of nitrogens with zero attached hydrogens (tertiary/aromatic N) is 3. The average Bonchev–Trinajstić information content (AvgIpc) is 2.30. The van der Waals surface area contributed by atoms with Gasteiger partial charge in [-0.25, -0.2) is 0 Å². The van der Waals surface area contributed by atoms with Gasteiger partial charge in [-0.05, 0) is 13.0 Å². The number of nitrogens with one attached hydrogen (secondary N) is 1.